The molecule has 1 aromatic rings. The Morgan fingerprint density at radius 2 is 2.10 bits per heavy atom. The van der Waals surface area contributed by atoms with Crippen LogP contribution in [-0.4, -0.2) is 41.7 Å². The average molecular weight is 317 g/mol. The molecule has 0 radical (unpaired) electrons. The summed E-state index contributed by atoms with van der Waals surface area (Å²) in [6, 6.07) is 4.33. The molecule has 0 spiro atoms. The number of carbonyl (C=O) groups excluding carboxylic acids is 1. The van der Waals surface area contributed by atoms with Crippen molar-refractivity contribution in [3.05, 3.63) is 29.0 Å². The number of hydrogen-bond donors (Lipinski definition) is 2. The molecule has 1 amide bonds. The maximum Gasteiger partial charge on any atom is 0.238 e. The first kappa shape index (κ1) is 17.9. The van der Waals surface area contributed by atoms with Crippen LogP contribution in [-0.2, 0) is 4.79 Å². The van der Waals surface area contributed by atoms with Gasteiger partial charge in [-0.2, -0.15) is 0 Å². The van der Waals surface area contributed by atoms with Crippen molar-refractivity contribution in [2.24, 2.45) is 0 Å². The molecule has 0 aliphatic heterocycles. The molecule has 1 rings (SSSR count). The van der Waals surface area contributed by atoms with Gasteiger partial charge in [0, 0.05) is 17.6 Å². The number of nitrogens with zero attached hydrogens (tertiary/aromatic N) is 1. The number of rotatable bonds is 8. The summed E-state index contributed by atoms with van der Waals surface area (Å²) < 4.78 is 13.6. The molecule has 0 bridgehead atoms. The Kier molecular flexibility index (Phi) is 7.64. The largest absolute Gasteiger partial charge is 0.395 e. The highest BCUT2D eigenvalue weighted by Crippen LogP contribution is 2.19. The smallest absolute Gasteiger partial charge is 0.238 e. The van der Waals surface area contributed by atoms with Crippen molar-refractivity contribution < 1.29 is 14.3 Å². The van der Waals surface area contributed by atoms with E-state index in [2.05, 4.69) is 5.32 Å². The molecule has 0 atom stereocenters. The molecule has 1 aromatic carbocycles. The number of carbonyl (C=O) groups is 1. The number of anilines is 1. The summed E-state index contributed by atoms with van der Waals surface area (Å²) in [7, 11) is 0. The Morgan fingerprint density at radius 3 is 2.62 bits per heavy atom. The summed E-state index contributed by atoms with van der Waals surface area (Å²) in [5.41, 5.74) is 0.109. The minimum Gasteiger partial charge on any atom is -0.395 e. The molecule has 0 aliphatic carbocycles. The Balaban J connectivity index is 2.69. The van der Waals surface area contributed by atoms with Gasteiger partial charge in [-0.05, 0) is 31.0 Å². The molecule has 0 fully saturated rings. The number of benzene rings is 1. The van der Waals surface area contributed by atoms with Crippen LogP contribution in [0.4, 0.5) is 10.1 Å². The van der Waals surface area contributed by atoms with Crippen LogP contribution in [0.2, 0.25) is 5.02 Å². The third-order valence-electron chi connectivity index (χ3n) is 3.40. The average Bonchev–Trinajstić information content (AvgIpc) is 2.43. The highest BCUT2D eigenvalue weighted by Gasteiger charge is 2.18. The van der Waals surface area contributed by atoms with E-state index in [1.54, 1.807) is 0 Å². The van der Waals surface area contributed by atoms with E-state index in [9.17, 15) is 9.18 Å². The first-order valence-electron chi connectivity index (χ1n) is 7.11. The van der Waals surface area contributed by atoms with Crippen molar-refractivity contribution in [1.82, 2.24) is 4.90 Å². The highest BCUT2D eigenvalue weighted by molar-refractivity contribution is 6.30. The Hall–Kier alpha value is -1.17. The number of halogens is 2. The van der Waals surface area contributed by atoms with Crippen LogP contribution in [0.1, 0.15) is 26.7 Å². The van der Waals surface area contributed by atoms with Gasteiger partial charge >= 0.3 is 0 Å². The molecule has 2 N–H and O–H groups in total. The summed E-state index contributed by atoms with van der Waals surface area (Å²) in [4.78, 5) is 13.9. The topological polar surface area (TPSA) is 52.6 Å². The van der Waals surface area contributed by atoms with E-state index in [0.29, 0.717) is 6.54 Å². The lowest BCUT2D eigenvalue weighted by molar-refractivity contribution is -0.118. The van der Waals surface area contributed by atoms with Crippen LogP contribution in [0.5, 0.6) is 0 Å². The lowest BCUT2D eigenvalue weighted by Gasteiger charge is -2.29. The summed E-state index contributed by atoms with van der Waals surface area (Å²) in [5, 5.41) is 11.9. The van der Waals surface area contributed by atoms with Crippen LogP contribution in [0.15, 0.2) is 18.2 Å². The second-order valence-electron chi connectivity index (χ2n) is 4.84. The van der Waals surface area contributed by atoms with E-state index < -0.39 is 5.82 Å². The molecule has 0 saturated heterocycles. The second-order valence-corrected chi connectivity index (χ2v) is 5.27. The maximum absolute atomic E-state index is 13.6. The summed E-state index contributed by atoms with van der Waals surface area (Å²) in [6.45, 7) is 4.60. The van der Waals surface area contributed by atoms with E-state index in [0.717, 1.165) is 18.9 Å². The third-order valence-corrected chi connectivity index (χ3v) is 3.63. The fourth-order valence-electron chi connectivity index (χ4n) is 2.29. The van der Waals surface area contributed by atoms with Gasteiger partial charge in [-0.1, -0.05) is 25.4 Å². The number of hydrogen-bond acceptors (Lipinski definition) is 3. The van der Waals surface area contributed by atoms with Gasteiger partial charge in [-0.15, -0.1) is 0 Å². The number of amides is 1. The zero-order chi connectivity index (χ0) is 15.8. The summed E-state index contributed by atoms with van der Waals surface area (Å²) in [6.07, 6.45) is 1.78. The fraction of sp³-hybridized carbons (Fsp3) is 0.533. The Morgan fingerprint density at radius 1 is 1.43 bits per heavy atom. The van der Waals surface area contributed by atoms with E-state index in [4.69, 9.17) is 16.7 Å². The molecule has 21 heavy (non-hydrogen) atoms. The molecule has 0 aromatic heterocycles. The quantitative estimate of drug-likeness (QED) is 0.775. The number of nitrogens with one attached hydrogen (secondary N) is 1. The van der Waals surface area contributed by atoms with Crippen molar-refractivity contribution in [3.8, 4) is 0 Å². The predicted octanol–water partition coefficient (Wildman–Crippen LogP) is 2.90. The van der Waals surface area contributed by atoms with Crippen LogP contribution < -0.4 is 5.32 Å². The molecular formula is C15H22ClFN2O2. The van der Waals surface area contributed by atoms with Crippen LogP contribution in [0, 0.1) is 5.82 Å². The van der Waals surface area contributed by atoms with Crippen molar-refractivity contribution in [1.29, 1.82) is 0 Å². The zero-order valence-corrected chi connectivity index (χ0v) is 13.2. The molecule has 0 saturated carbocycles. The maximum atomic E-state index is 13.6. The first-order valence-corrected chi connectivity index (χ1v) is 7.49. The fourth-order valence-corrected chi connectivity index (χ4v) is 2.45. The number of aliphatic hydroxyl groups excluding tert-OH is 1. The molecular weight excluding hydrogens is 295 g/mol. The molecule has 6 heteroatoms. The van der Waals surface area contributed by atoms with Gasteiger partial charge in [0.15, 0.2) is 0 Å². The molecule has 118 valence electrons. The normalized spacial score (nSPS) is 11.2. The standard InChI is InChI=1S/C15H22ClFN2O2/c1-3-12(4-2)19(7-8-20)10-15(21)18-14-6-5-11(16)9-13(14)17/h5-6,9,12,20H,3-4,7-8,10H2,1-2H3,(H,18,21). The van der Waals surface area contributed by atoms with Crippen LogP contribution in [0.3, 0.4) is 0 Å². The summed E-state index contributed by atoms with van der Waals surface area (Å²) >= 11 is 5.67. The van der Waals surface area contributed by atoms with E-state index in [1.807, 2.05) is 18.7 Å². The molecule has 0 unspecified atom stereocenters. The van der Waals surface area contributed by atoms with Gasteiger partial charge in [0.1, 0.15) is 5.82 Å². The van der Waals surface area contributed by atoms with Crippen molar-refractivity contribution in [2.75, 3.05) is 25.0 Å². The molecule has 0 aliphatic rings. The SMILES string of the molecule is CCC(CC)N(CCO)CC(=O)Nc1ccc(Cl)cc1F. The van der Waals surface area contributed by atoms with Crippen molar-refractivity contribution in [2.45, 2.75) is 32.7 Å². The van der Waals surface area contributed by atoms with Gasteiger partial charge in [0.2, 0.25) is 5.91 Å². The Labute approximate surface area is 129 Å². The number of aliphatic hydroxyl groups is 1. The van der Waals surface area contributed by atoms with Gasteiger partial charge in [0.25, 0.3) is 0 Å². The lowest BCUT2D eigenvalue weighted by Crippen LogP contribution is -2.42. The predicted molar refractivity (Wildman–Crippen MR) is 83.1 cm³/mol. The molecule has 0 heterocycles. The van der Waals surface area contributed by atoms with Gasteiger partial charge in [-0.3, -0.25) is 9.69 Å². The second kappa shape index (κ2) is 8.97. The van der Waals surface area contributed by atoms with Gasteiger partial charge in [0.05, 0.1) is 18.8 Å². The van der Waals surface area contributed by atoms with Crippen molar-refractivity contribution >= 4 is 23.2 Å². The van der Waals surface area contributed by atoms with E-state index in [1.165, 1.54) is 12.1 Å². The van der Waals surface area contributed by atoms with Gasteiger partial charge in [-0.25, -0.2) is 4.39 Å². The Bertz CT molecular complexity index is 467. The highest BCUT2D eigenvalue weighted by atomic mass is 35.5. The van der Waals surface area contributed by atoms with Gasteiger partial charge < -0.3 is 10.4 Å². The summed E-state index contributed by atoms with van der Waals surface area (Å²) in [5.74, 6) is -0.872. The van der Waals surface area contributed by atoms with Crippen LogP contribution in [0.25, 0.3) is 0 Å². The van der Waals surface area contributed by atoms with Crippen molar-refractivity contribution in [3.63, 3.8) is 0 Å². The molecule has 4 nitrogen and oxygen atoms in total. The van der Waals surface area contributed by atoms with E-state index >= 15 is 0 Å². The first-order chi connectivity index (χ1) is 10.0. The zero-order valence-electron chi connectivity index (χ0n) is 12.4. The van der Waals surface area contributed by atoms with Crippen LogP contribution >= 0.6 is 11.6 Å². The monoisotopic (exact) mass is 316 g/mol. The minimum absolute atomic E-state index is 0.0148. The third kappa shape index (κ3) is 5.61. The van der Waals surface area contributed by atoms with E-state index in [-0.39, 0.29) is 35.8 Å². The minimum atomic E-state index is -0.563. The lowest BCUT2D eigenvalue weighted by atomic mass is 10.1.